The second-order valence-electron chi connectivity index (χ2n) is 8.05. The largest absolute Gasteiger partial charge is 0.368 e. The number of nitrogens with zero attached hydrogens (tertiary/aromatic N) is 1. The average molecular weight is 462 g/mol. The summed E-state index contributed by atoms with van der Waals surface area (Å²) in [6.45, 7) is 0.629. The lowest BCUT2D eigenvalue weighted by Gasteiger charge is -2.31. The van der Waals surface area contributed by atoms with Gasteiger partial charge in [0.25, 0.3) is 0 Å². The zero-order valence-electron chi connectivity index (χ0n) is 17.3. The van der Waals surface area contributed by atoms with Gasteiger partial charge in [0, 0.05) is 36.2 Å². The molecule has 0 aromatic heterocycles. The number of halogens is 1. The maximum absolute atomic E-state index is 13.5. The molecule has 2 aliphatic carbocycles. The number of benzene rings is 1. The van der Waals surface area contributed by atoms with Crippen molar-refractivity contribution in [1.82, 2.24) is 0 Å². The Morgan fingerprint density at radius 1 is 1.31 bits per heavy atom. The van der Waals surface area contributed by atoms with Crippen molar-refractivity contribution in [3.63, 3.8) is 0 Å². The van der Waals surface area contributed by atoms with Crippen LogP contribution in [-0.4, -0.2) is 31.0 Å². The van der Waals surface area contributed by atoms with Gasteiger partial charge in [-0.05, 0) is 55.4 Å². The summed E-state index contributed by atoms with van der Waals surface area (Å²) in [5, 5.41) is 9.70. The number of rotatable bonds is 8. The molecule has 3 rings (SSSR count). The van der Waals surface area contributed by atoms with Crippen LogP contribution in [0.2, 0.25) is 0 Å². The van der Waals surface area contributed by atoms with Gasteiger partial charge in [-0.15, -0.1) is 0 Å². The molecule has 1 aromatic carbocycles. The highest BCUT2D eigenvalue weighted by Gasteiger charge is 2.28. The number of aryl methyl sites for hydroxylation is 1. The molecule has 0 radical (unpaired) electrons. The highest BCUT2D eigenvalue weighted by molar-refractivity contribution is 9.11. The summed E-state index contributed by atoms with van der Waals surface area (Å²) < 4.78 is 6.05. The molecule has 0 bridgehead atoms. The fourth-order valence-corrected chi connectivity index (χ4v) is 4.69. The van der Waals surface area contributed by atoms with Gasteiger partial charge in [-0.3, -0.25) is 4.79 Å². The van der Waals surface area contributed by atoms with E-state index in [0.717, 1.165) is 54.3 Å². The van der Waals surface area contributed by atoms with Gasteiger partial charge in [-0.2, -0.15) is 0 Å². The number of hydrogen-bond acceptors (Lipinski definition) is 3. The SMILES string of the molecule is COC(O)CCc1cccc(N(CC2=C(Br)C=CCC2)C(=O)C2CCCCC2)c1. The van der Waals surface area contributed by atoms with Crippen LogP contribution >= 0.6 is 15.9 Å². The third kappa shape index (κ3) is 6.27. The minimum absolute atomic E-state index is 0.126. The zero-order chi connectivity index (χ0) is 20.6. The van der Waals surface area contributed by atoms with Crippen molar-refractivity contribution in [2.45, 2.75) is 64.1 Å². The van der Waals surface area contributed by atoms with E-state index in [1.165, 1.54) is 19.1 Å². The maximum atomic E-state index is 13.5. The Bertz CT molecular complexity index is 752. The number of aliphatic hydroxyl groups excluding tert-OH is 1. The van der Waals surface area contributed by atoms with Crippen molar-refractivity contribution in [2.75, 3.05) is 18.6 Å². The number of carbonyl (C=O) groups excluding carboxylic acids is 1. The molecule has 29 heavy (non-hydrogen) atoms. The molecule has 1 unspecified atom stereocenters. The number of anilines is 1. The minimum atomic E-state index is -0.756. The van der Waals surface area contributed by atoms with Gasteiger partial charge in [0.2, 0.25) is 5.91 Å². The van der Waals surface area contributed by atoms with Crippen LogP contribution < -0.4 is 4.90 Å². The highest BCUT2D eigenvalue weighted by Crippen LogP contribution is 2.31. The van der Waals surface area contributed by atoms with Gasteiger partial charge >= 0.3 is 0 Å². The molecule has 0 saturated heterocycles. The molecule has 0 heterocycles. The molecule has 1 aromatic rings. The molecule has 1 N–H and O–H groups in total. The van der Waals surface area contributed by atoms with Crippen molar-refractivity contribution < 1.29 is 14.6 Å². The van der Waals surface area contributed by atoms with Crippen LogP contribution in [0.4, 0.5) is 5.69 Å². The first kappa shape index (κ1) is 22.3. The van der Waals surface area contributed by atoms with Crippen molar-refractivity contribution in [3.8, 4) is 0 Å². The van der Waals surface area contributed by atoms with Crippen LogP contribution in [0.1, 0.15) is 56.9 Å². The summed E-state index contributed by atoms with van der Waals surface area (Å²) in [7, 11) is 1.51. The molecule has 2 aliphatic rings. The van der Waals surface area contributed by atoms with Gasteiger partial charge in [-0.1, -0.05) is 59.5 Å². The van der Waals surface area contributed by atoms with E-state index in [1.807, 2.05) is 23.1 Å². The smallest absolute Gasteiger partial charge is 0.230 e. The van der Waals surface area contributed by atoms with E-state index >= 15 is 0 Å². The quantitative estimate of drug-likeness (QED) is 0.520. The molecule has 158 valence electrons. The molecular formula is C24H32BrNO3. The van der Waals surface area contributed by atoms with Crippen molar-refractivity contribution in [1.29, 1.82) is 0 Å². The predicted octanol–water partition coefficient (Wildman–Crippen LogP) is 5.50. The third-order valence-electron chi connectivity index (χ3n) is 5.96. The second kappa shape index (κ2) is 11.1. The van der Waals surface area contributed by atoms with Crippen molar-refractivity contribution in [2.24, 2.45) is 5.92 Å². The van der Waals surface area contributed by atoms with E-state index in [-0.39, 0.29) is 11.8 Å². The third-order valence-corrected chi connectivity index (χ3v) is 6.78. The topological polar surface area (TPSA) is 49.8 Å². The zero-order valence-corrected chi connectivity index (χ0v) is 18.9. The Hall–Kier alpha value is -1.43. The summed E-state index contributed by atoms with van der Waals surface area (Å²) in [5.41, 5.74) is 3.33. The lowest BCUT2D eigenvalue weighted by Crippen LogP contribution is -2.38. The van der Waals surface area contributed by atoms with Gasteiger partial charge in [0.1, 0.15) is 0 Å². The first-order valence-electron chi connectivity index (χ1n) is 10.7. The van der Waals surface area contributed by atoms with Crippen molar-refractivity contribution in [3.05, 3.63) is 52.0 Å². The molecule has 1 amide bonds. The van der Waals surface area contributed by atoms with Crippen LogP contribution in [-0.2, 0) is 16.0 Å². The molecule has 5 heteroatoms. The van der Waals surface area contributed by atoms with Crippen molar-refractivity contribution >= 4 is 27.5 Å². The van der Waals surface area contributed by atoms with E-state index < -0.39 is 6.29 Å². The fraction of sp³-hybridized carbons (Fsp3) is 0.542. The van der Waals surface area contributed by atoms with Gasteiger partial charge < -0.3 is 14.7 Å². The van der Waals surface area contributed by atoms with E-state index in [0.29, 0.717) is 19.4 Å². The van der Waals surface area contributed by atoms with Gasteiger partial charge in [0.05, 0.1) is 0 Å². The molecule has 1 saturated carbocycles. The molecule has 4 nitrogen and oxygen atoms in total. The number of ether oxygens (including phenoxy) is 1. The number of hydrogen-bond donors (Lipinski definition) is 1. The molecule has 0 aliphatic heterocycles. The minimum Gasteiger partial charge on any atom is -0.368 e. The van der Waals surface area contributed by atoms with Gasteiger partial charge in [-0.25, -0.2) is 0 Å². The summed E-state index contributed by atoms with van der Waals surface area (Å²) in [4.78, 5) is 15.5. The normalized spacial score (nSPS) is 18.7. The van der Waals surface area contributed by atoms with E-state index in [9.17, 15) is 9.90 Å². The van der Waals surface area contributed by atoms with Crippen LogP contribution in [0, 0.1) is 5.92 Å². The maximum Gasteiger partial charge on any atom is 0.230 e. The fourth-order valence-electron chi connectivity index (χ4n) is 4.18. The van der Waals surface area contributed by atoms with Gasteiger partial charge in [0.15, 0.2) is 6.29 Å². The Kier molecular flexibility index (Phi) is 8.52. The van der Waals surface area contributed by atoms with E-state index in [4.69, 9.17) is 4.74 Å². The summed E-state index contributed by atoms with van der Waals surface area (Å²) >= 11 is 3.68. The van der Waals surface area contributed by atoms with E-state index in [2.05, 4.69) is 34.1 Å². The molecule has 1 fully saturated rings. The Labute approximate surface area is 182 Å². The first-order valence-corrected chi connectivity index (χ1v) is 11.5. The highest BCUT2D eigenvalue weighted by atomic mass is 79.9. The monoisotopic (exact) mass is 461 g/mol. The average Bonchev–Trinajstić information content (AvgIpc) is 2.77. The van der Waals surface area contributed by atoms with Crippen LogP contribution in [0.3, 0.4) is 0 Å². The Balaban J connectivity index is 1.84. The second-order valence-corrected chi connectivity index (χ2v) is 8.91. The summed E-state index contributed by atoms with van der Waals surface area (Å²) in [6.07, 6.45) is 12.3. The first-order chi connectivity index (χ1) is 14.1. The Morgan fingerprint density at radius 3 is 2.83 bits per heavy atom. The summed E-state index contributed by atoms with van der Waals surface area (Å²) in [5.74, 6) is 0.377. The molecular weight excluding hydrogens is 430 g/mol. The number of methoxy groups -OCH3 is 1. The molecule has 0 spiro atoms. The lowest BCUT2D eigenvalue weighted by molar-refractivity contribution is -0.123. The number of amides is 1. The predicted molar refractivity (Wildman–Crippen MR) is 121 cm³/mol. The lowest BCUT2D eigenvalue weighted by atomic mass is 9.88. The Morgan fingerprint density at radius 2 is 2.10 bits per heavy atom. The molecule has 1 atom stereocenters. The van der Waals surface area contributed by atoms with Crippen LogP contribution in [0.5, 0.6) is 0 Å². The van der Waals surface area contributed by atoms with Crippen LogP contribution in [0.15, 0.2) is 46.5 Å². The number of allylic oxidation sites excluding steroid dienone is 3. The number of carbonyl (C=O) groups is 1. The number of aliphatic hydroxyl groups is 1. The van der Waals surface area contributed by atoms with Crippen LogP contribution in [0.25, 0.3) is 0 Å². The standard InChI is InChI=1S/C24H32BrNO3/c1-29-23(27)15-14-18-8-7-12-21(16-18)26(17-20-11-5-6-13-22(20)25)24(28)19-9-3-2-4-10-19/h6-8,12-13,16,19,23,27H,2-5,9-11,14-15,17H2,1H3. The summed E-state index contributed by atoms with van der Waals surface area (Å²) in [6, 6.07) is 8.18. The van der Waals surface area contributed by atoms with E-state index in [1.54, 1.807) is 0 Å².